The van der Waals surface area contributed by atoms with Crippen molar-refractivity contribution in [3.63, 3.8) is 0 Å². The smallest absolute Gasteiger partial charge is 0.292 e. The lowest BCUT2D eigenvalue weighted by molar-refractivity contribution is -0.383. The Kier molecular flexibility index (Phi) is 6.61. The van der Waals surface area contributed by atoms with Crippen molar-refractivity contribution in [2.24, 2.45) is 0 Å². The average Bonchev–Trinajstić information content (AvgIpc) is 3.22. The average molecular weight is 458 g/mol. The number of carbonyl (C=O) groups excluding carboxylic acids is 1. The summed E-state index contributed by atoms with van der Waals surface area (Å²) >= 11 is 1.10. The SMILES string of the molecule is O=C(CSc1nnc(N2CCOCC2)n1-c1cccc(F)c1)Nc1ccccc1[N+](=O)[O-]. The number of hydrogen-bond donors (Lipinski definition) is 1. The number of hydrogen-bond acceptors (Lipinski definition) is 8. The summed E-state index contributed by atoms with van der Waals surface area (Å²) in [5.41, 5.74) is 0.449. The van der Waals surface area contributed by atoms with Crippen molar-refractivity contribution >= 4 is 35.0 Å². The number of thioether (sulfide) groups is 1. The van der Waals surface area contributed by atoms with Gasteiger partial charge in [0.05, 0.1) is 29.6 Å². The second kappa shape index (κ2) is 9.75. The van der Waals surface area contributed by atoms with E-state index in [9.17, 15) is 19.3 Å². The summed E-state index contributed by atoms with van der Waals surface area (Å²) in [6.07, 6.45) is 0. The molecule has 10 nitrogen and oxygen atoms in total. The van der Waals surface area contributed by atoms with Crippen molar-refractivity contribution < 1.29 is 18.8 Å². The number of nitro benzene ring substituents is 1. The first kappa shape index (κ1) is 21.7. The summed E-state index contributed by atoms with van der Waals surface area (Å²) in [5.74, 6) is -0.386. The number of anilines is 2. The number of nitrogens with one attached hydrogen (secondary N) is 1. The van der Waals surface area contributed by atoms with E-state index in [0.717, 1.165) is 11.8 Å². The summed E-state index contributed by atoms with van der Waals surface area (Å²) in [6.45, 7) is 2.29. The van der Waals surface area contributed by atoms with Crippen molar-refractivity contribution in [1.29, 1.82) is 0 Å². The topological polar surface area (TPSA) is 115 Å². The highest BCUT2D eigenvalue weighted by atomic mass is 32.2. The quantitative estimate of drug-likeness (QED) is 0.326. The normalized spacial score (nSPS) is 13.7. The van der Waals surface area contributed by atoms with Gasteiger partial charge in [-0.15, -0.1) is 10.2 Å². The maximum Gasteiger partial charge on any atom is 0.292 e. The molecule has 2 heterocycles. The third kappa shape index (κ3) is 4.86. The molecule has 4 rings (SSSR count). The van der Waals surface area contributed by atoms with E-state index in [1.807, 2.05) is 4.90 Å². The van der Waals surface area contributed by atoms with Crippen LogP contribution in [-0.2, 0) is 9.53 Å². The van der Waals surface area contributed by atoms with Crippen LogP contribution in [0.1, 0.15) is 0 Å². The van der Waals surface area contributed by atoms with E-state index in [4.69, 9.17) is 4.74 Å². The van der Waals surface area contributed by atoms with Gasteiger partial charge in [0.25, 0.3) is 5.69 Å². The van der Waals surface area contributed by atoms with Gasteiger partial charge in [-0.2, -0.15) is 0 Å². The number of benzene rings is 2. The molecule has 0 aliphatic carbocycles. The molecule has 0 unspecified atom stereocenters. The third-order valence-electron chi connectivity index (χ3n) is 4.68. The van der Waals surface area contributed by atoms with E-state index < -0.39 is 16.6 Å². The largest absolute Gasteiger partial charge is 0.378 e. The second-order valence-electron chi connectivity index (χ2n) is 6.81. The molecule has 0 bridgehead atoms. The Labute approximate surface area is 186 Å². The minimum Gasteiger partial charge on any atom is -0.378 e. The molecule has 1 fully saturated rings. The summed E-state index contributed by atoms with van der Waals surface area (Å²) < 4.78 is 21.0. The van der Waals surface area contributed by atoms with Crippen molar-refractivity contribution in [2.45, 2.75) is 5.16 Å². The number of carbonyl (C=O) groups is 1. The zero-order valence-corrected chi connectivity index (χ0v) is 17.6. The van der Waals surface area contributed by atoms with Crippen molar-refractivity contribution in [3.8, 4) is 5.69 Å². The molecule has 0 atom stereocenters. The Morgan fingerprint density at radius 3 is 2.72 bits per heavy atom. The highest BCUT2D eigenvalue weighted by Gasteiger charge is 2.23. The molecule has 1 amide bonds. The number of amides is 1. The molecule has 0 spiro atoms. The summed E-state index contributed by atoms with van der Waals surface area (Å²) in [4.78, 5) is 25.0. The molecule has 1 aromatic heterocycles. The van der Waals surface area contributed by atoms with Gasteiger partial charge in [0.1, 0.15) is 11.5 Å². The Bertz CT molecular complexity index is 1130. The molecule has 1 aliphatic rings. The van der Waals surface area contributed by atoms with E-state index >= 15 is 0 Å². The van der Waals surface area contributed by atoms with Crippen molar-refractivity contribution in [1.82, 2.24) is 14.8 Å². The van der Waals surface area contributed by atoms with Gasteiger partial charge < -0.3 is 15.0 Å². The van der Waals surface area contributed by atoms with Gasteiger partial charge in [0.15, 0.2) is 5.16 Å². The zero-order valence-electron chi connectivity index (χ0n) is 16.8. The number of halogens is 1. The number of nitrogens with zero attached hydrogens (tertiary/aromatic N) is 5. The summed E-state index contributed by atoms with van der Waals surface area (Å²) in [7, 11) is 0. The van der Waals surface area contributed by atoms with Crippen LogP contribution in [-0.4, -0.2) is 57.7 Å². The monoisotopic (exact) mass is 458 g/mol. The standard InChI is InChI=1S/C20H19FN6O4S/c21-14-4-3-5-15(12-14)26-19(25-8-10-31-11-9-25)23-24-20(26)32-13-18(28)22-16-6-1-2-7-17(16)27(29)30/h1-7,12H,8-11,13H2,(H,22,28). The number of ether oxygens (including phenoxy) is 1. The highest BCUT2D eigenvalue weighted by molar-refractivity contribution is 7.99. The predicted octanol–water partition coefficient (Wildman–Crippen LogP) is 2.88. The Balaban J connectivity index is 1.55. The maximum absolute atomic E-state index is 13.9. The van der Waals surface area contributed by atoms with Crippen LogP contribution in [0.25, 0.3) is 5.69 Å². The Hall–Kier alpha value is -3.51. The van der Waals surface area contributed by atoms with E-state index in [0.29, 0.717) is 43.1 Å². The molecular weight excluding hydrogens is 439 g/mol. The number of aromatic nitrogens is 3. The lowest BCUT2D eigenvalue weighted by atomic mass is 10.2. The van der Waals surface area contributed by atoms with Crippen LogP contribution in [0.5, 0.6) is 0 Å². The number of nitro groups is 1. The van der Waals surface area contributed by atoms with Crippen molar-refractivity contribution in [2.75, 3.05) is 42.3 Å². The lowest BCUT2D eigenvalue weighted by Crippen LogP contribution is -2.37. The Morgan fingerprint density at radius 1 is 1.19 bits per heavy atom. The van der Waals surface area contributed by atoms with E-state index in [-0.39, 0.29) is 17.1 Å². The highest BCUT2D eigenvalue weighted by Crippen LogP contribution is 2.28. The van der Waals surface area contributed by atoms with Crippen LogP contribution < -0.4 is 10.2 Å². The Morgan fingerprint density at radius 2 is 1.97 bits per heavy atom. The van der Waals surface area contributed by atoms with E-state index in [1.165, 1.54) is 30.3 Å². The van der Waals surface area contributed by atoms with Gasteiger partial charge in [-0.1, -0.05) is 30.0 Å². The summed E-state index contributed by atoms with van der Waals surface area (Å²) in [5, 5.41) is 22.6. The molecule has 3 aromatic rings. The molecule has 12 heteroatoms. The second-order valence-corrected chi connectivity index (χ2v) is 7.75. The molecule has 166 valence electrons. The van der Waals surface area contributed by atoms with Crippen LogP contribution in [0.4, 0.5) is 21.7 Å². The van der Waals surface area contributed by atoms with Crippen LogP contribution in [0.2, 0.25) is 0 Å². The molecule has 0 radical (unpaired) electrons. The lowest BCUT2D eigenvalue weighted by Gasteiger charge is -2.27. The fourth-order valence-electron chi connectivity index (χ4n) is 3.22. The van der Waals surface area contributed by atoms with Crippen LogP contribution >= 0.6 is 11.8 Å². The number of morpholine rings is 1. The van der Waals surface area contributed by atoms with Crippen LogP contribution in [0, 0.1) is 15.9 Å². The molecule has 1 saturated heterocycles. The van der Waals surface area contributed by atoms with Gasteiger partial charge in [0, 0.05) is 19.2 Å². The first-order chi connectivity index (χ1) is 15.5. The first-order valence-corrected chi connectivity index (χ1v) is 10.7. The number of para-hydroxylation sites is 2. The van der Waals surface area contributed by atoms with Gasteiger partial charge in [-0.25, -0.2) is 4.39 Å². The molecule has 2 aromatic carbocycles. The van der Waals surface area contributed by atoms with Gasteiger partial charge in [-0.3, -0.25) is 19.5 Å². The number of rotatable bonds is 7. The van der Waals surface area contributed by atoms with E-state index in [1.54, 1.807) is 22.8 Å². The fraction of sp³-hybridized carbons (Fsp3) is 0.250. The minimum absolute atomic E-state index is 0.0669. The molecular formula is C20H19FN6O4S. The fourth-order valence-corrected chi connectivity index (χ4v) is 3.97. The van der Waals surface area contributed by atoms with Gasteiger partial charge in [0.2, 0.25) is 11.9 Å². The zero-order chi connectivity index (χ0) is 22.5. The molecule has 1 aliphatic heterocycles. The first-order valence-electron chi connectivity index (χ1n) is 9.73. The van der Waals surface area contributed by atoms with E-state index in [2.05, 4.69) is 15.5 Å². The molecule has 32 heavy (non-hydrogen) atoms. The van der Waals surface area contributed by atoms with Crippen LogP contribution in [0.3, 0.4) is 0 Å². The molecule has 1 N–H and O–H groups in total. The summed E-state index contributed by atoms with van der Waals surface area (Å²) in [6, 6.07) is 11.9. The van der Waals surface area contributed by atoms with Crippen molar-refractivity contribution in [3.05, 3.63) is 64.5 Å². The maximum atomic E-state index is 13.9. The van der Waals surface area contributed by atoms with Gasteiger partial charge in [-0.05, 0) is 24.3 Å². The third-order valence-corrected chi connectivity index (χ3v) is 5.61. The molecule has 0 saturated carbocycles. The van der Waals surface area contributed by atoms with Crippen LogP contribution in [0.15, 0.2) is 53.7 Å². The minimum atomic E-state index is -0.558. The predicted molar refractivity (Wildman–Crippen MR) is 117 cm³/mol. The van der Waals surface area contributed by atoms with Gasteiger partial charge >= 0.3 is 0 Å².